The van der Waals surface area contributed by atoms with Crippen molar-refractivity contribution in [2.24, 2.45) is 5.92 Å². The number of nitriles is 1. The van der Waals surface area contributed by atoms with E-state index in [1.54, 1.807) is 6.07 Å². The molecule has 0 aromatic heterocycles. The van der Waals surface area contributed by atoms with E-state index in [-0.39, 0.29) is 6.61 Å². The summed E-state index contributed by atoms with van der Waals surface area (Å²) >= 11 is 0. The van der Waals surface area contributed by atoms with E-state index in [1.807, 2.05) is 0 Å². The zero-order chi connectivity index (χ0) is 8.43. The second kappa shape index (κ2) is 3.15. The molecule has 1 fully saturated rings. The molecule has 1 saturated heterocycles. The highest BCUT2D eigenvalue weighted by molar-refractivity contribution is 4.99. The Balaban J connectivity index is 2.66. The summed E-state index contributed by atoms with van der Waals surface area (Å²) in [5.41, 5.74) is 0. The molecule has 4 atom stereocenters. The Kier molecular flexibility index (Phi) is 2.42. The molecule has 0 aromatic carbocycles. The molecule has 5 nitrogen and oxygen atoms in total. The lowest BCUT2D eigenvalue weighted by atomic mass is 10.0. The molecule has 1 rings (SSSR count). The van der Waals surface area contributed by atoms with Crippen molar-refractivity contribution in [3.63, 3.8) is 0 Å². The fraction of sp³-hybridized carbons (Fsp3) is 0.833. The van der Waals surface area contributed by atoms with Crippen molar-refractivity contribution in [1.29, 1.82) is 5.26 Å². The largest absolute Gasteiger partial charge is 0.394 e. The molecule has 0 saturated carbocycles. The normalized spacial score (nSPS) is 43.8. The van der Waals surface area contributed by atoms with Crippen LogP contribution in [0.1, 0.15) is 0 Å². The van der Waals surface area contributed by atoms with Gasteiger partial charge in [0.1, 0.15) is 18.1 Å². The van der Waals surface area contributed by atoms with Gasteiger partial charge in [0.2, 0.25) is 0 Å². The van der Waals surface area contributed by atoms with Gasteiger partial charge < -0.3 is 20.1 Å². The zero-order valence-corrected chi connectivity index (χ0v) is 5.71. The Morgan fingerprint density at radius 3 is 2.45 bits per heavy atom. The molecule has 5 heteroatoms. The number of rotatable bonds is 1. The number of ether oxygens (including phenoxy) is 1. The van der Waals surface area contributed by atoms with E-state index in [1.165, 1.54) is 0 Å². The van der Waals surface area contributed by atoms with E-state index in [9.17, 15) is 0 Å². The van der Waals surface area contributed by atoms with Crippen molar-refractivity contribution in [3.05, 3.63) is 0 Å². The predicted octanol–water partition coefficient (Wildman–Crippen LogP) is -1.80. The molecular weight excluding hydrogens is 150 g/mol. The van der Waals surface area contributed by atoms with Gasteiger partial charge in [0.25, 0.3) is 0 Å². The maximum atomic E-state index is 9.05. The topological polar surface area (TPSA) is 93.7 Å². The standard InChI is InChI=1S/C6H9NO4/c7-1-3-4(2-8)11-6(10)5(3)9/h3-6,8-10H,2H2. The molecule has 0 aromatic rings. The fourth-order valence-electron chi connectivity index (χ4n) is 1.06. The average molecular weight is 159 g/mol. The summed E-state index contributed by atoms with van der Waals surface area (Å²) in [4.78, 5) is 0. The highest BCUT2D eigenvalue weighted by Gasteiger charge is 2.42. The summed E-state index contributed by atoms with van der Waals surface area (Å²) < 4.78 is 4.66. The molecule has 0 radical (unpaired) electrons. The van der Waals surface area contributed by atoms with Crippen molar-refractivity contribution in [1.82, 2.24) is 0 Å². The molecule has 4 unspecified atom stereocenters. The van der Waals surface area contributed by atoms with Crippen molar-refractivity contribution >= 4 is 0 Å². The summed E-state index contributed by atoms with van der Waals surface area (Å²) in [6, 6.07) is 1.75. The van der Waals surface area contributed by atoms with Gasteiger partial charge in [-0.2, -0.15) is 5.26 Å². The molecule has 1 heterocycles. The van der Waals surface area contributed by atoms with Crippen LogP contribution in [0.3, 0.4) is 0 Å². The van der Waals surface area contributed by atoms with Crippen LogP contribution < -0.4 is 0 Å². The van der Waals surface area contributed by atoms with E-state index >= 15 is 0 Å². The molecule has 0 bridgehead atoms. The molecule has 0 spiro atoms. The second-order valence-corrected chi connectivity index (χ2v) is 2.39. The molecule has 62 valence electrons. The average Bonchev–Trinajstić information content (AvgIpc) is 2.28. The monoisotopic (exact) mass is 159 g/mol. The molecule has 0 amide bonds. The zero-order valence-electron chi connectivity index (χ0n) is 5.71. The molecule has 11 heavy (non-hydrogen) atoms. The van der Waals surface area contributed by atoms with Gasteiger partial charge in [-0.25, -0.2) is 0 Å². The highest BCUT2D eigenvalue weighted by atomic mass is 16.6. The third-order valence-electron chi connectivity index (χ3n) is 1.70. The van der Waals surface area contributed by atoms with Gasteiger partial charge in [0, 0.05) is 0 Å². The lowest BCUT2D eigenvalue weighted by Gasteiger charge is -2.07. The first-order valence-electron chi connectivity index (χ1n) is 3.22. The fourth-order valence-corrected chi connectivity index (χ4v) is 1.06. The number of hydrogen-bond donors (Lipinski definition) is 3. The number of aliphatic hydroxyl groups excluding tert-OH is 3. The van der Waals surface area contributed by atoms with Gasteiger partial charge in [0.05, 0.1) is 12.7 Å². The molecular formula is C6H9NO4. The van der Waals surface area contributed by atoms with Gasteiger partial charge in [0.15, 0.2) is 6.29 Å². The van der Waals surface area contributed by atoms with Gasteiger partial charge in [-0.15, -0.1) is 0 Å². The Bertz CT molecular complexity index is 178. The highest BCUT2D eigenvalue weighted by Crippen LogP contribution is 2.24. The van der Waals surface area contributed by atoms with Gasteiger partial charge in [-0.3, -0.25) is 0 Å². The first-order valence-corrected chi connectivity index (χ1v) is 3.22. The lowest BCUT2D eigenvalue weighted by Crippen LogP contribution is -2.27. The van der Waals surface area contributed by atoms with Crippen LogP contribution in [0.25, 0.3) is 0 Å². The summed E-state index contributed by atoms with van der Waals surface area (Å²) in [6.45, 7) is -0.369. The SMILES string of the molecule is N#CC1C(CO)OC(O)C1O. The van der Waals surface area contributed by atoms with Gasteiger partial charge in [-0.1, -0.05) is 0 Å². The van der Waals surface area contributed by atoms with Crippen LogP contribution in [-0.2, 0) is 4.74 Å². The van der Waals surface area contributed by atoms with Crippen LogP contribution >= 0.6 is 0 Å². The minimum Gasteiger partial charge on any atom is -0.394 e. The summed E-state index contributed by atoms with van der Waals surface area (Å²) in [7, 11) is 0. The number of hydrogen-bond acceptors (Lipinski definition) is 5. The molecule has 1 aliphatic heterocycles. The van der Waals surface area contributed by atoms with Gasteiger partial charge >= 0.3 is 0 Å². The smallest absolute Gasteiger partial charge is 0.182 e. The predicted molar refractivity (Wildman–Crippen MR) is 33.1 cm³/mol. The van der Waals surface area contributed by atoms with Crippen molar-refractivity contribution in [2.45, 2.75) is 18.5 Å². The van der Waals surface area contributed by atoms with Crippen molar-refractivity contribution in [3.8, 4) is 6.07 Å². The van der Waals surface area contributed by atoms with Crippen molar-refractivity contribution < 1.29 is 20.1 Å². The summed E-state index contributed by atoms with van der Waals surface area (Å²) in [5, 5.41) is 35.0. The van der Waals surface area contributed by atoms with E-state index in [4.69, 9.17) is 20.6 Å². The first kappa shape index (κ1) is 8.43. The molecule has 3 N–H and O–H groups in total. The minimum absolute atomic E-state index is 0.369. The van der Waals surface area contributed by atoms with Crippen LogP contribution in [0.4, 0.5) is 0 Å². The summed E-state index contributed by atoms with van der Waals surface area (Å²) in [6.07, 6.45) is -3.33. The van der Waals surface area contributed by atoms with Crippen LogP contribution in [0, 0.1) is 17.2 Å². The number of aliphatic hydroxyl groups is 3. The van der Waals surface area contributed by atoms with Gasteiger partial charge in [-0.05, 0) is 0 Å². The summed E-state index contributed by atoms with van der Waals surface area (Å²) in [5.74, 6) is -0.838. The minimum atomic E-state index is -1.35. The maximum Gasteiger partial charge on any atom is 0.182 e. The van der Waals surface area contributed by atoms with E-state index < -0.39 is 24.4 Å². The van der Waals surface area contributed by atoms with Crippen LogP contribution in [0.15, 0.2) is 0 Å². The maximum absolute atomic E-state index is 9.05. The lowest BCUT2D eigenvalue weighted by molar-refractivity contribution is -0.132. The van der Waals surface area contributed by atoms with Crippen LogP contribution in [0.2, 0.25) is 0 Å². The molecule has 0 aliphatic carbocycles. The Morgan fingerprint density at radius 1 is 1.45 bits per heavy atom. The first-order chi connectivity index (χ1) is 5.20. The van der Waals surface area contributed by atoms with Crippen LogP contribution in [-0.4, -0.2) is 40.4 Å². The quantitative estimate of drug-likeness (QED) is 0.419. The Labute approximate surface area is 63.4 Å². The Morgan fingerprint density at radius 2 is 2.09 bits per heavy atom. The molecule has 1 aliphatic rings. The van der Waals surface area contributed by atoms with E-state index in [0.717, 1.165) is 0 Å². The second-order valence-electron chi connectivity index (χ2n) is 2.39. The van der Waals surface area contributed by atoms with E-state index in [0.29, 0.717) is 0 Å². The third-order valence-corrected chi connectivity index (χ3v) is 1.70. The van der Waals surface area contributed by atoms with Crippen LogP contribution in [0.5, 0.6) is 0 Å². The number of nitrogens with zero attached hydrogens (tertiary/aromatic N) is 1. The van der Waals surface area contributed by atoms with Crippen molar-refractivity contribution in [2.75, 3.05) is 6.61 Å². The Hall–Kier alpha value is -0.670. The van der Waals surface area contributed by atoms with E-state index in [2.05, 4.69) is 4.74 Å². The third kappa shape index (κ3) is 1.34.